The molecule has 2 saturated heterocycles. The van der Waals surface area contributed by atoms with E-state index >= 15 is 0 Å². The molecule has 1 unspecified atom stereocenters. The molecule has 5 atom stereocenters. The predicted octanol–water partition coefficient (Wildman–Crippen LogP) is 2.64. The Balaban J connectivity index is 1.74. The maximum absolute atomic E-state index is 13.7. The first-order chi connectivity index (χ1) is 12.6. The summed E-state index contributed by atoms with van der Waals surface area (Å²) in [5.41, 5.74) is 1.06. The average molecular weight is 352 g/mol. The number of hydrogen-bond acceptors (Lipinski definition) is 5. The lowest BCUT2D eigenvalue weighted by Gasteiger charge is -2.64. The molecule has 5 nitrogen and oxygen atoms in total. The van der Waals surface area contributed by atoms with Gasteiger partial charge in [-0.25, -0.2) is 0 Å². The summed E-state index contributed by atoms with van der Waals surface area (Å²) in [4.78, 5) is 29.4. The van der Waals surface area contributed by atoms with Crippen LogP contribution in [0.1, 0.15) is 36.5 Å². The zero-order chi connectivity index (χ0) is 18.1. The minimum atomic E-state index is -0.904. The van der Waals surface area contributed by atoms with Crippen molar-refractivity contribution in [2.24, 2.45) is 11.3 Å². The second-order valence-corrected chi connectivity index (χ2v) is 8.07. The monoisotopic (exact) mass is 352 g/mol. The van der Waals surface area contributed by atoms with Gasteiger partial charge in [-0.3, -0.25) is 14.5 Å². The van der Waals surface area contributed by atoms with Gasteiger partial charge in [-0.05, 0) is 37.3 Å². The number of anilines is 1. The zero-order valence-electron chi connectivity index (χ0n) is 15.2. The van der Waals surface area contributed by atoms with Gasteiger partial charge in [-0.2, -0.15) is 0 Å². The first-order valence-electron chi connectivity index (χ1n) is 9.52. The highest BCUT2D eigenvalue weighted by atomic mass is 16.5. The van der Waals surface area contributed by atoms with Gasteiger partial charge in [0.15, 0.2) is 5.78 Å². The van der Waals surface area contributed by atoms with Gasteiger partial charge in [0.2, 0.25) is 0 Å². The SMILES string of the molecule is CCC1=C[C@@H]2CN3CC[C@]4(Nc5ccccc5C4=O)[C@@](C(=O)OC)(C2)[C@@H]13. The van der Waals surface area contributed by atoms with E-state index in [9.17, 15) is 9.59 Å². The van der Waals surface area contributed by atoms with E-state index in [0.717, 1.165) is 25.2 Å². The van der Waals surface area contributed by atoms with Crippen molar-refractivity contribution in [3.63, 3.8) is 0 Å². The first kappa shape index (κ1) is 16.1. The van der Waals surface area contributed by atoms with Crippen molar-refractivity contribution in [2.75, 3.05) is 25.5 Å². The van der Waals surface area contributed by atoms with E-state index < -0.39 is 11.0 Å². The highest BCUT2D eigenvalue weighted by Crippen LogP contribution is 2.61. The van der Waals surface area contributed by atoms with Crippen molar-refractivity contribution in [3.8, 4) is 0 Å². The molecule has 5 aliphatic rings. The Kier molecular flexibility index (Phi) is 3.21. The Morgan fingerprint density at radius 2 is 2.19 bits per heavy atom. The van der Waals surface area contributed by atoms with E-state index in [4.69, 9.17) is 4.74 Å². The normalized spacial score (nSPS) is 39.4. The smallest absolute Gasteiger partial charge is 0.316 e. The van der Waals surface area contributed by atoms with Crippen molar-refractivity contribution >= 4 is 17.4 Å². The molecule has 136 valence electrons. The summed E-state index contributed by atoms with van der Waals surface area (Å²) >= 11 is 0. The molecule has 1 aromatic carbocycles. The molecule has 0 radical (unpaired) electrons. The maximum Gasteiger partial charge on any atom is 0.316 e. The highest BCUT2D eigenvalue weighted by molar-refractivity contribution is 6.16. The van der Waals surface area contributed by atoms with Crippen molar-refractivity contribution in [1.82, 2.24) is 4.90 Å². The number of ether oxygens (including phenoxy) is 1. The Morgan fingerprint density at radius 1 is 1.38 bits per heavy atom. The van der Waals surface area contributed by atoms with Gasteiger partial charge in [-0.15, -0.1) is 0 Å². The number of rotatable bonds is 2. The number of piperidine rings is 2. The Bertz CT molecular complexity index is 847. The Labute approximate surface area is 153 Å². The van der Waals surface area contributed by atoms with Crippen molar-refractivity contribution in [2.45, 2.75) is 37.8 Å². The van der Waals surface area contributed by atoms with Crippen LogP contribution in [0.5, 0.6) is 0 Å². The zero-order valence-corrected chi connectivity index (χ0v) is 15.2. The molecule has 4 heterocycles. The van der Waals surface area contributed by atoms with Crippen LogP contribution < -0.4 is 5.32 Å². The lowest BCUT2D eigenvalue weighted by molar-refractivity contribution is -0.173. The number of para-hydroxylation sites is 1. The van der Waals surface area contributed by atoms with Crippen molar-refractivity contribution in [3.05, 3.63) is 41.5 Å². The lowest BCUT2D eigenvalue weighted by Crippen LogP contribution is -2.77. The van der Waals surface area contributed by atoms with Crippen LogP contribution in [0, 0.1) is 11.3 Å². The first-order valence-corrected chi connectivity index (χ1v) is 9.52. The van der Waals surface area contributed by atoms with Gasteiger partial charge < -0.3 is 10.1 Å². The van der Waals surface area contributed by atoms with Crippen LogP contribution in [-0.2, 0) is 9.53 Å². The maximum atomic E-state index is 13.7. The largest absolute Gasteiger partial charge is 0.468 e. The molecule has 1 N–H and O–H groups in total. The number of fused-ring (bicyclic) bond motifs is 1. The standard InChI is InChI=1S/C21H24N2O3/c1-3-14-10-13-11-20(19(25)26-2)17(14)23(12-13)9-8-21(20)18(24)15-6-4-5-7-16(15)22-21/h4-7,10,13,17,22H,3,8-9,11-12H2,1-2H3/t13-,17+,20-,21+/m0/s1. The number of carbonyl (C=O) groups is 2. The second kappa shape index (κ2) is 5.19. The molecule has 0 aromatic heterocycles. The Morgan fingerprint density at radius 3 is 2.92 bits per heavy atom. The highest BCUT2D eigenvalue weighted by Gasteiger charge is 2.73. The molecule has 1 aromatic rings. The van der Waals surface area contributed by atoms with Crippen LogP contribution >= 0.6 is 0 Å². The molecule has 1 spiro atoms. The van der Waals surface area contributed by atoms with E-state index in [-0.39, 0.29) is 17.8 Å². The quantitative estimate of drug-likeness (QED) is 0.655. The molecule has 0 amide bonds. The fourth-order valence-corrected chi connectivity index (χ4v) is 6.19. The third-order valence-corrected chi connectivity index (χ3v) is 7.09. The third-order valence-electron chi connectivity index (χ3n) is 7.09. The predicted molar refractivity (Wildman–Crippen MR) is 98.0 cm³/mol. The summed E-state index contributed by atoms with van der Waals surface area (Å²) in [5, 5.41) is 3.54. The number of nitrogens with zero attached hydrogens (tertiary/aromatic N) is 1. The average Bonchev–Trinajstić information content (AvgIpc) is 2.97. The van der Waals surface area contributed by atoms with Gasteiger partial charge in [0.1, 0.15) is 11.0 Å². The van der Waals surface area contributed by atoms with Crippen LogP contribution in [0.3, 0.4) is 0 Å². The molecule has 4 aliphatic heterocycles. The summed E-state index contributed by atoms with van der Waals surface area (Å²) < 4.78 is 5.36. The van der Waals surface area contributed by atoms with Gasteiger partial charge in [0.05, 0.1) is 7.11 Å². The number of hydrogen-bond donors (Lipinski definition) is 1. The fourth-order valence-electron chi connectivity index (χ4n) is 6.19. The Hall–Kier alpha value is -2.14. The third kappa shape index (κ3) is 1.65. The molecule has 1 aliphatic carbocycles. The minimum Gasteiger partial charge on any atom is -0.468 e. The van der Waals surface area contributed by atoms with Crippen LogP contribution in [0.25, 0.3) is 0 Å². The van der Waals surface area contributed by atoms with Crippen LogP contribution in [0.2, 0.25) is 0 Å². The number of benzene rings is 1. The van der Waals surface area contributed by atoms with Crippen molar-refractivity contribution in [1.29, 1.82) is 0 Å². The van der Waals surface area contributed by atoms with Gasteiger partial charge in [0.25, 0.3) is 0 Å². The van der Waals surface area contributed by atoms with E-state index in [1.807, 2.05) is 24.3 Å². The van der Waals surface area contributed by atoms with E-state index in [1.165, 1.54) is 12.7 Å². The van der Waals surface area contributed by atoms with Crippen LogP contribution in [0.15, 0.2) is 35.9 Å². The van der Waals surface area contributed by atoms with Crippen LogP contribution in [-0.4, -0.2) is 48.4 Å². The summed E-state index contributed by atoms with van der Waals surface area (Å²) in [7, 11) is 1.45. The lowest BCUT2D eigenvalue weighted by atomic mass is 9.50. The van der Waals surface area contributed by atoms with Gasteiger partial charge in [0, 0.05) is 30.4 Å². The summed E-state index contributed by atoms with van der Waals surface area (Å²) in [6.45, 7) is 3.94. The molecule has 26 heavy (non-hydrogen) atoms. The number of methoxy groups -OCH3 is 1. The van der Waals surface area contributed by atoms with Gasteiger partial charge in [-0.1, -0.05) is 30.7 Å². The fraction of sp³-hybridized carbons (Fsp3) is 0.524. The molecular weight excluding hydrogens is 328 g/mol. The number of carbonyl (C=O) groups excluding carboxylic acids is 2. The molecule has 5 heteroatoms. The summed E-state index contributed by atoms with van der Waals surface area (Å²) in [5.74, 6) is 0.107. The van der Waals surface area contributed by atoms with Crippen molar-refractivity contribution < 1.29 is 14.3 Å². The second-order valence-electron chi connectivity index (χ2n) is 8.07. The van der Waals surface area contributed by atoms with Gasteiger partial charge >= 0.3 is 5.97 Å². The molecule has 0 saturated carbocycles. The summed E-state index contributed by atoms with van der Waals surface area (Å²) in [6.07, 6.45) is 4.55. The molecule has 6 rings (SSSR count). The molecular formula is C21H24N2O3. The minimum absolute atomic E-state index is 0.0514. The topological polar surface area (TPSA) is 58.6 Å². The van der Waals surface area contributed by atoms with E-state index in [2.05, 4.69) is 23.2 Å². The van der Waals surface area contributed by atoms with E-state index in [0.29, 0.717) is 24.3 Å². The molecule has 4 bridgehead atoms. The number of Topliss-reactive ketones (excluding diaryl/α,β-unsaturated/α-hetero) is 1. The molecule has 2 fully saturated rings. The summed E-state index contributed by atoms with van der Waals surface area (Å²) in [6, 6.07) is 7.58. The number of esters is 1. The number of ketones is 1. The van der Waals surface area contributed by atoms with E-state index in [1.54, 1.807) is 0 Å². The van der Waals surface area contributed by atoms with Crippen LogP contribution in [0.4, 0.5) is 5.69 Å². The number of nitrogens with one attached hydrogen (secondary N) is 1.